The molecule has 128 valence electrons. The Labute approximate surface area is 142 Å². The smallest absolute Gasteiger partial charge is 0.405 e. The second kappa shape index (κ2) is 7.84. The summed E-state index contributed by atoms with van der Waals surface area (Å²) in [6.45, 7) is 4.67. The van der Waals surface area contributed by atoms with Crippen LogP contribution in [0.5, 0.6) is 5.75 Å². The van der Waals surface area contributed by atoms with Crippen molar-refractivity contribution in [1.82, 2.24) is 0 Å². The Morgan fingerprint density at radius 3 is 2.38 bits per heavy atom. The first-order chi connectivity index (χ1) is 11.4. The molecule has 0 aliphatic carbocycles. The number of amides is 1. The summed E-state index contributed by atoms with van der Waals surface area (Å²) in [6.07, 6.45) is -0.787. The molecular formula is C19H23NO4. The van der Waals surface area contributed by atoms with Gasteiger partial charge in [0.15, 0.2) is 0 Å². The second-order valence-electron chi connectivity index (χ2n) is 5.88. The molecule has 1 amide bonds. The average molecular weight is 329 g/mol. The van der Waals surface area contributed by atoms with E-state index in [0.29, 0.717) is 13.2 Å². The maximum atomic E-state index is 11.0. The van der Waals surface area contributed by atoms with E-state index in [-0.39, 0.29) is 0 Å². The van der Waals surface area contributed by atoms with Crippen molar-refractivity contribution in [1.29, 1.82) is 0 Å². The molecular weight excluding hydrogens is 306 g/mol. The fourth-order valence-electron chi connectivity index (χ4n) is 2.38. The molecule has 2 aromatic rings. The maximum Gasteiger partial charge on any atom is 0.405 e. The Balaban J connectivity index is 2.16. The number of carbonyl (C=O) groups excluding carboxylic acids is 1. The van der Waals surface area contributed by atoms with Crippen LogP contribution in [0.3, 0.4) is 0 Å². The molecule has 0 radical (unpaired) electrons. The molecule has 0 unspecified atom stereocenters. The molecule has 2 aromatic carbocycles. The fraction of sp³-hybridized carbons (Fsp3) is 0.316. The summed E-state index contributed by atoms with van der Waals surface area (Å²) in [4.78, 5) is 11.0. The van der Waals surface area contributed by atoms with Crippen LogP contribution < -0.4 is 10.5 Å². The fourth-order valence-corrected chi connectivity index (χ4v) is 2.38. The van der Waals surface area contributed by atoms with Gasteiger partial charge in [0.25, 0.3) is 0 Å². The predicted octanol–water partition coefficient (Wildman–Crippen LogP) is 3.71. The van der Waals surface area contributed by atoms with Gasteiger partial charge in [-0.25, -0.2) is 4.79 Å². The number of rotatable bonds is 7. The minimum Gasteiger partial charge on any atom is -0.491 e. The molecule has 0 aliphatic heterocycles. The number of nitrogens with two attached hydrogens (primary N) is 1. The first kappa shape index (κ1) is 17.8. The van der Waals surface area contributed by atoms with E-state index in [1.54, 1.807) is 21.0 Å². The molecule has 0 fully saturated rings. The van der Waals surface area contributed by atoms with E-state index < -0.39 is 11.7 Å². The van der Waals surface area contributed by atoms with Crippen molar-refractivity contribution in [3.05, 3.63) is 54.1 Å². The van der Waals surface area contributed by atoms with Crippen LogP contribution in [0.25, 0.3) is 11.1 Å². The molecule has 0 spiro atoms. The van der Waals surface area contributed by atoms with Crippen LogP contribution in [-0.4, -0.2) is 26.4 Å². The lowest BCUT2D eigenvalue weighted by atomic mass is 9.95. The lowest BCUT2D eigenvalue weighted by molar-refractivity contribution is 0.0432. The van der Waals surface area contributed by atoms with Crippen LogP contribution in [0.15, 0.2) is 48.5 Å². The summed E-state index contributed by atoms with van der Waals surface area (Å²) in [7, 11) is 1.64. The summed E-state index contributed by atoms with van der Waals surface area (Å²) in [5, 5.41) is 0. The number of carbonyl (C=O) groups is 1. The lowest BCUT2D eigenvalue weighted by Crippen LogP contribution is -2.28. The van der Waals surface area contributed by atoms with Crippen LogP contribution >= 0.6 is 0 Å². The Morgan fingerprint density at radius 1 is 1.04 bits per heavy atom. The summed E-state index contributed by atoms with van der Waals surface area (Å²) in [6, 6.07) is 15.7. The SMILES string of the molecule is COCCOc1cccc(-c2ccc(C(C)(C)OC(N)=O)cc2)c1. The van der Waals surface area contributed by atoms with E-state index in [1.807, 2.05) is 48.5 Å². The highest BCUT2D eigenvalue weighted by Gasteiger charge is 2.24. The van der Waals surface area contributed by atoms with Gasteiger partial charge in [0.2, 0.25) is 0 Å². The second-order valence-corrected chi connectivity index (χ2v) is 5.88. The maximum absolute atomic E-state index is 11.0. The molecule has 0 saturated carbocycles. The highest BCUT2D eigenvalue weighted by Crippen LogP contribution is 2.29. The minimum absolute atomic E-state index is 0.511. The van der Waals surface area contributed by atoms with Gasteiger partial charge >= 0.3 is 6.09 Å². The van der Waals surface area contributed by atoms with E-state index in [9.17, 15) is 4.79 Å². The van der Waals surface area contributed by atoms with Gasteiger partial charge in [0, 0.05) is 7.11 Å². The molecule has 24 heavy (non-hydrogen) atoms. The Kier molecular flexibility index (Phi) is 5.82. The van der Waals surface area contributed by atoms with Crippen molar-refractivity contribution >= 4 is 6.09 Å². The van der Waals surface area contributed by atoms with Crippen LogP contribution in [0, 0.1) is 0 Å². The number of primary amides is 1. The number of ether oxygens (including phenoxy) is 3. The molecule has 5 nitrogen and oxygen atoms in total. The van der Waals surface area contributed by atoms with Crippen molar-refractivity contribution in [3.63, 3.8) is 0 Å². The first-order valence-electron chi connectivity index (χ1n) is 7.73. The monoisotopic (exact) mass is 329 g/mol. The van der Waals surface area contributed by atoms with Crippen molar-refractivity contribution in [2.24, 2.45) is 5.73 Å². The van der Waals surface area contributed by atoms with Gasteiger partial charge in [-0.2, -0.15) is 0 Å². The predicted molar refractivity (Wildman–Crippen MR) is 92.9 cm³/mol. The molecule has 2 N–H and O–H groups in total. The van der Waals surface area contributed by atoms with Crippen molar-refractivity contribution < 1.29 is 19.0 Å². The Hall–Kier alpha value is -2.53. The third-order valence-corrected chi connectivity index (χ3v) is 3.66. The third kappa shape index (κ3) is 4.73. The van der Waals surface area contributed by atoms with Crippen LogP contribution in [0.2, 0.25) is 0 Å². The molecule has 0 aromatic heterocycles. The average Bonchev–Trinajstić information content (AvgIpc) is 2.54. The van der Waals surface area contributed by atoms with Gasteiger partial charge in [0.1, 0.15) is 18.0 Å². The van der Waals surface area contributed by atoms with E-state index in [0.717, 1.165) is 22.4 Å². The molecule has 5 heteroatoms. The molecule has 2 rings (SSSR count). The largest absolute Gasteiger partial charge is 0.491 e. The van der Waals surface area contributed by atoms with Gasteiger partial charge in [-0.05, 0) is 42.7 Å². The van der Waals surface area contributed by atoms with Gasteiger partial charge in [-0.1, -0.05) is 36.4 Å². The summed E-state index contributed by atoms with van der Waals surface area (Å²) < 4.78 is 15.8. The lowest BCUT2D eigenvalue weighted by Gasteiger charge is -2.24. The van der Waals surface area contributed by atoms with Crippen molar-refractivity contribution in [2.75, 3.05) is 20.3 Å². The Bertz CT molecular complexity index is 680. The number of methoxy groups -OCH3 is 1. The summed E-state index contributed by atoms with van der Waals surface area (Å²) in [5.41, 5.74) is 7.32. The minimum atomic E-state index is -0.787. The van der Waals surface area contributed by atoms with E-state index in [1.165, 1.54) is 0 Å². The quantitative estimate of drug-likeness (QED) is 0.786. The van der Waals surface area contributed by atoms with E-state index in [4.69, 9.17) is 19.9 Å². The van der Waals surface area contributed by atoms with Crippen LogP contribution in [0.4, 0.5) is 4.79 Å². The van der Waals surface area contributed by atoms with Gasteiger partial charge in [-0.3, -0.25) is 0 Å². The van der Waals surface area contributed by atoms with Crippen LogP contribution in [-0.2, 0) is 15.1 Å². The molecule has 0 saturated heterocycles. The van der Waals surface area contributed by atoms with E-state index in [2.05, 4.69) is 0 Å². The zero-order chi connectivity index (χ0) is 17.6. The van der Waals surface area contributed by atoms with Gasteiger partial charge in [0.05, 0.1) is 6.61 Å². The number of benzene rings is 2. The number of hydrogen-bond acceptors (Lipinski definition) is 4. The van der Waals surface area contributed by atoms with Crippen molar-refractivity contribution in [2.45, 2.75) is 19.4 Å². The first-order valence-corrected chi connectivity index (χ1v) is 7.73. The normalized spacial score (nSPS) is 11.1. The molecule has 0 heterocycles. The third-order valence-electron chi connectivity index (χ3n) is 3.66. The standard InChI is InChI=1S/C19H23NO4/c1-19(2,24-18(20)21)16-9-7-14(8-10-16)15-5-4-6-17(13-15)23-12-11-22-3/h4-10,13H,11-12H2,1-3H3,(H2,20,21). The topological polar surface area (TPSA) is 70.8 Å². The zero-order valence-corrected chi connectivity index (χ0v) is 14.2. The molecule has 0 aliphatic rings. The van der Waals surface area contributed by atoms with Crippen molar-refractivity contribution in [3.8, 4) is 16.9 Å². The highest BCUT2D eigenvalue weighted by atomic mass is 16.6. The van der Waals surface area contributed by atoms with Gasteiger partial charge < -0.3 is 19.9 Å². The van der Waals surface area contributed by atoms with E-state index >= 15 is 0 Å². The van der Waals surface area contributed by atoms with Gasteiger partial charge in [-0.15, -0.1) is 0 Å². The van der Waals surface area contributed by atoms with Crippen LogP contribution in [0.1, 0.15) is 19.4 Å². The number of hydrogen-bond donors (Lipinski definition) is 1. The molecule has 0 atom stereocenters. The molecule has 0 bridgehead atoms. The summed E-state index contributed by atoms with van der Waals surface area (Å²) >= 11 is 0. The zero-order valence-electron chi connectivity index (χ0n) is 14.2. The summed E-state index contributed by atoms with van der Waals surface area (Å²) in [5.74, 6) is 0.797. The highest BCUT2D eigenvalue weighted by molar-refractivity contribution is 5.67. The Morgan fingerprint density at radius 2 is 1.75 bits per heavy atom.